The van der Waals surface area contributed by atoms with E-state index < -0.39 is 0 Å². The fraction of sp³-hybridized carbons (Fsp3) is 0.345. The third-order valence-corrected chi connectivity index (χ3v) is 7.59. The number of benzene rings is 3. The lowest BCUT2D eigenvalue weighted by Gasteiger charge is -2.17. The SMILES string of the molecule is Cc1cccc(C)c1-c1cccc(COc2ccc3c(c2)CC2(CC2)C3CC=O)c1C. The van der Waals surface area contributed by atoms with Gasteiger partial charge in [0.15, 0.2) is 0 Å². The summed E-state index contributed by atoms with van der Waals surface area (Å²) in [6.07, 6.45) is 5.34. The summed E-state index contributed by atoms with van der Waals surface area (Å²) in [4.78, 5) is 11.2. The van der Waals surface area contributed by atoms with Gasteiger partial charge >= 0.3 is 0 Å². The van der Waals surface area contributed by atoms with E-state index in [9.17, 15) is 4.79 Å². The van der Waals surface area contributed by atoms with Crippen molar-refractivity contribution < 1.29 is 9.53 Å². The number of hydrogen-bond donors (Lipinski definition) is 0. The van der Waals surface area contributed by atoms with E-state index in [1.165, 1.54) is 57.3 Å². The zero-order valence-corrected chi connectivity index (χ0v) is 18.7. The molecule has 0 heterocycles. The Morgan fingerprint density at radius 2 is 1.74 bits per heavy atom. The molecule has 1 saturated carbocycles. The largest absolute Gasteiger partial charge is 0.489 e. The Balaban J connectivity index is 1.38. The van der Waals surface area contributed by atoms with E-state index in [1.807, 2.05) is 0 Å². The second kappa shape index (κ2) is 7.67. The van der Waals surface area contributed by atoms with Crippen molar-refractivity contribution in [3.05, 3.63) is 88.0 Å². The Hall–Kier alpha value is -2.87. The molecule has 2 aliphatic carbocycles. The molecule has 1 spiro atoms. The van der Waals surface area contributed by atoms with Gasteiger partial charge in [-0.15, -0.1) is 0 Å². The van der Waals surface area contributed by atoms with Crippen LogP contribution in [0, 0.1) is 26.2 Å². The smallest absolute Gasteiger partial charge is 0.120 e. The molecule has 0 N–H and O–H groups in total. The maximum Gasteiger partial charge on any atom is 0.120 e. The maximum absolute atomic E-state index is 11.2. The second-order valence-corrected chi connectivity index (χ2v) is 9.50. The Kier molecular flexibility index (Phi) is 4.97. The highest BCUT2D eigenvalue weighted by atomic mass is 16.5. The molecule has 1 atom stereocenters. The molecule has 2 heteroatoms. The van der Waals surface area contributed by atoms with Crippen molar-refractivity contribution in [1.82, 2.24) is 0 Å². The maximum atomic E-state index is 11.2. The number of fused-ring (bicyclic) bond motifs is 1. The average molecular weight is 411 g/mol. The van der Waals surface area contributed by atoms with Gasteiger partial charge < -0.3 is 9.53 Å². The first-order valence-corrected chi connectivity index (χ1v) is 11.4. The lowest BCUT2D eigenvalue weighted by molar-refractivity contribution is -0.108. The molecule has 31 heavy (non-hydrogen) atoms. The van der Waals surface area contributed by atoms with Crippen LogP contribution in [0.15, 0.2) is 54.6 Å². The molecule has 3 aromatic rings. The fourth-order valence-corrected chi connectivity index (χ4v) is 5.67. The number of hydrogen-bond acceptors (Lipinski definition) is 2. The summed E-state index contributed by atoms with van der Waals surface area (Å²) in [5, 5.41) is 0. The van der Waals surface area contributed by atoms with Crippen LogP contribution in [0.4, 0.5) is 0 Å². The Morgan fingerprint density at radius 1 is 1.00 bits per heavy atom. The quantitative estimate of drug-likeness (QED) is 0.415. The molecule has 1 unspecified atom stereocenters. The number of aldehydes is 1. The molecule has 0 bridgehead atoms. The summed E-state index contributed by atoms with van der Waals surface area (Å²) >= 11 is 0. The molecule has 2 aliphatic rings. The van der Waals surface area contributed by atoms with Gasteiger partial charge in [-0.05, 0) is 108 Å². The summed E-state index contributed by atoms with van der Waals surface area (Å²) in [5.41, 5.74) is 10.8. The van der Waals surface area contributed by atoms with Crippen molar-refractivity contribution in [2.45, 2.75) is 59.0 Å². The van der Waals surface area contributed by atoms with E-state index in [4.69, 9.17) is 4.74 Å². The van der Waals surface area contributed by atoms with E-state index in [2.05, 4.69) is 75.4 Å². The first kappa shape index (κ1) is 20.1. The summed E-state index contributed by atoms with van der Waals surface area (Å²) in [6, 6.07) is 19.5. The monoisotopic (exact) mass is 410 g/mol. The lowest BCUT2D eigenvalue weighted by Crippen LogP contribution is -2.08. The minimum absolute atomic E-state index is 0.359. The van der Waals surface area contributed by atoms with Crippen molar-refractivity contribution in [3.8, 4) is 16.9 Å². The van der Waals surface area contributed by atoms with Gasteiger partial charge in [-0.3, -0.25) is 0 Å². The zero-order valence-electron chi connectivity index (χ0n) is 18.7. The van der Waals surface area contributed by atoms with Gasteiger partial charge in [0.25, 0.3) is 0 Å². The van der Waals surface area contributed by atoms with Gasteiger partial charge in [-0.25, -0.2) is 0 Å². The zero-order chi connectivity index (χ0) is 21.6. The van der Waals surface area contributed by atoms with Gasteiger partial charge in [0.05, 0.1) is 0 Å². The summed E-state index contributed by atoms with van der Waals surface area (Å²) < 4.78 is 6.26. The van der Waals surface area contributed by atoms with E-state index in [0.29, 0.717) is 24.4 Å². The van der Waals surface area contributed by atoms with Gasteiger partial charge in [0.1, 0.15) is 18.6 Å². The second-order valence-electron chi connectivity index (χ2n) is 9.50. The Labute approximate surface area is 185 Å². The third-order valence-electron chi connectivity index (χ3n) is 7.59. The van der Waals surface area contributed by atoms with E-state index in [0.717, 1.165) is 18.5 Å². The minimum atomic E-state index is 0.359. The first-order chi connectivity index (χ1) is 15.0. The van der Waals surface area contributed by atoms with Crippen LogP contribution in [0.2, 0.25) is 0 Å². The number of aryl methyl sites for hydroxylation is 2. The predicted octanol–water partition coefficient (Wildman–Crippen LogP) is 6.87. The van der Waals surface area contributed by atoms with Crippen LogP contribution in [-0.4, -0.2) is 6.29 Å². The molecule has 0 aromatic heterocycles. The predicted molar refractivity (Wildman–Crippen MR) is 126 cm³/mol. The average Bonchev–Trinajstić information content (AvgIpc) is 3.46. The molecule has 3 aromatic carbocycles. The van der Waals surface area contributed by atoms with Crippen LogP contribution < -0.4 is 4.74 Å². The highest BCUT2D eigenvalue weighted by Gasteiger charge is 2.53. The molecule has 2 nitrogen and oxygen atoms in total. The highest BCUT2D eigenvalue weighted by Crippen LogP contribution is 2.64. The fourth-order valence-electron chi connectivity index (χ4n) is 5.67. The van der Waals surface area contributed by atoms with Crippen LogP contribution in [0.1, 0.15) is 58.6 Å². The van der Waals surface area contributed by atoms with Crippen molar-refractivity contribution >= 4 is 6.29 Å². The van der Waals surface area contributed by atoms with Gasteiger partial charge in [-0.1, -0.05) is 42.5 Å². The Bertz CT molecular complexity index is 1130. The lowest BCUT2D eigenvalue weighted by atomic mass is 9.87. The van der Waals surface area contributed by atoms with Crippen LogP contribution in [0.5, 0.6) is 5.75 Å². The van der Waals surface area contributed by atoms with E-state index in [-0.39, 0.29) is 0 Å². The highest BCUT2D eigenvalue weighted by molar-refractivity contribution is 5.74. The molecule has 158 valence electrons. The summed E-state index contributed by atoms with van der Waals surface area (Å²) in [5.74, 6) is 1.34. The number of ether oxygens (including phenoxy) is 1. The molecular weight excluding hydrogens is 380 g/mol. The van der Waals surface area contributed by atoms with Crippen LogP contribution in [0.25, 0.3) is 11.1 Å². The molecule has 5 rings (SSSR count). The molecule has 0 amide bonds. The Morgan fingerprint density at radius 3 is 2.45 bits per heavy atom. The van der Waals surface area contributed by atoms with Crippen molar-refractivity contribution in [1.29, 1.82) is 0 Å². The number of carbonyl (C=O) groups is 1. The molecular formula is C29H30O2. The van der Waals surface area contributed by atoms with Gasteiger partial charge in [-0.2, -0.15) is 0 Å². The van der Waals surface area contributed by atoms with E-state index in [1.54, 1.807) is 0 Å². The normalized spacial score (nSPS) is 18.1. The summed E-state index contributed by atoms with van der Waals surface area (Å²) in [6.45, 7) is 7.12. The van der Waals surface area contributed by atoms with Crippen LogP contribution >= 0.6 is 0 Å². The van der Waals surface area contributed by atoms with Crippen molar-refractivity contribution in [2.75, 3.05) is 0 Å². The van der Waals surface area contributed by atoms with Crippen LogP contribution in [0.3, 0.4) is 0 Å². The number of carbonyl (C=O) groups excluding carboxylic acids is 1. The molecule has 0 radical (unpaired) electrons. The van der Waals surface area contributed by atoms with Crippen molar-refractivity contribution in [3.63, 3.8) is 0 Å². The third kappa shape index (κ3) is 3.48. The van der Waals surface area contributed by atoms with Crippen LogP contribution in [-0.2, 0) is 17.8 Å². The molecule has 1 fully saturated rings. The standard InChI is InChI=1S/C29H30O2/c1-19-6-4-7-20(2)28(19)25-9-5-8-22(21(25)3)18-31-24-10-11-26-23(16-24)17-29(13-14-29)27(26)12-15-30/h4-11,15-16,27H,12-14,17-18H2,1-3H3. The van der Waals surface area contributed by atoms with E-state index >= 15 is 0 Å². The van der Waals surface area contributed by atoms with Gasteiger partial charge in [0.2, 0.25) is 0 Å². The number of rotatable bonds is 6. The van der Waals surface area contributed by atoms with Gasteiger partial charge in [0, 0.05) is 6.42 Å². The minimum Gasteiger partial charge on any atom is -0.489 e. The molecule has 0 aliphatic heterocycles. The van der Waals surface area contributed by atoms with Crippen molar-refractivity contribution in [2.24, 2.45) is 5.41 Å². The first-order valence-electron chi connectivity index (χ1n) is 11.4. The topological polar surface area (TPSA) is 26.3 Å². The summed E-state index contributed by atoms with van der Waals surface area (Å²) in [7, 11) is 0. The molecule has 0 saturated heterocycles.